The van der Waals surface area contributed by atoms with Crippen molar-refractivity contribution in [3.8, 4) is 17.6 Å². The molecule has 0 radical (unpaired) electrons. The third-order valence-corrected chi connectivity index (χ3v) is 5.90. The Balaban J connectivity index is 1.52. The first-order chi connectivity index (χ1) is 16.5. The number of amides is 2. The summed E-state index contributed by atoms with van der Waals surface area (Å²) in [6, 6.07) is 12.8. The Bertz CT molecular complexity index is 1180. The molecule has 2 amide bonds. The van der Waals surface area contributed by atoms with Crippen molar-refractivity contribution in [1.29, 1.82) is 0 Å². The van der Waals surface area contributed by atoms with Gasteiger partial charge in [-0.3, -0.25) is 19.9 Å². The quantitative estimate of drug-likeness (QED) is 0.200. The van der Waals surface area contributed by atoms with Crippen LogP contribution in [0.5, 0.6) is 5.75 Å². The summed E-state index contributed by atoms with van der Waals surface area (Å²) in [5, 5.41) is 8.95. The summed E-state index contributed by atoms with van der Waals surface area (Å²) in [6.07, 6.45) is 0. The molecule has 9 nitrogen and oxygen atoms in total. The average molecular weight is 461 g/mol. The van der Waals surface area contributed by atoms with Crippen LogP contribution in [-0.4, -0.2) is 68.5 Å². The first kappa shape index (κ1) is 23.3. The highest BCUT2D eigenvalue weighted by molar-refractivity contribution is 6.00. The number of hydrogen-bond acceptors (Lipinski definition) is 6. The summed E-state index contributed by atoms with van der Waals surface area (Å²) >= 11 is 0. The van der Waals surface area contributed by atoms with Crippen molar-refractivity contribution in [3.05, 3.63) is 64.7 Å². The highest BCUT2D eigenvalue weighted by Gasteiger charge is 2.44. The molecule has 176 valence electrons. The van der Waals surface area contributed by atoms with Crippen LogP contribution in [0.3, 0.4) is 0 Å². The topological polar surface area (TPSA) is 121 Å². The largest absolute Gasteiger partial charge is 0.497 e. The summed E-state index contributed by atoms with van der Waals surface area (Å²) in [7, 11) is 3.43. The number of amidine groups is 1. The molecule has 2 aromatic carbocycles. The SMILES string of the molecule is CNCCN=C(N)c1ccc(C#CC2(CN3Cc4ccc(OC)cc4C3=O)NCNC2=O)cc1. The van der Waals surface area contributed by atoms with Crippen molar-refractivity contribution >= 4 is 17.6 Å². The number of nitrogens with zero attached hydrogens (tertiary/aromatic N) is 2. The lowest BCUT2D eigenvalue weighted by Crippen LogP contribution is -2.54. The number of ether oxygens (including phenoxy) is 1. The van der Waals surface area contributed by atoms with Crippen molar-refractivity contribution in [2.75, 3.05) is 40.5 Å². The Labute approximate surface area is 198 Å². The zero-order valence-electron chi connectivity index (χ0n) is 19.3. The van der Waals surface area contributed by atoms with Crippen LogP contribution in [0.1, 0.15) is 27.0 Å². The number of nitrogens with two attached hydrogens (primary N) is 1. The van der Waals surface area contributed by atoms with E-state index in [-0.39, 0.29) is 25.0 Å². The van der Waals surface area contributed by atoms with E-state index in [1.165, 1.54) is 0 Å². The van der Waals surface area contributed by atoms with Crippen molar-refractivity contribution in [2.24, 2.45) is 10.7 Å². The molecule has 0 aromatic heterocycles. The van der Waals surface area contributed by atoms with Gasteiger partial charge >= 0.3 is 0 Å². The number of nitrogens with one attached hydrogen (secondary N) is 3. The Hall–Kier alpha value is -3.87. The zero-order chi connectivity index (χ0) is 24.1. The number of methoxy groups -OCH3 is 1. The molecule has 2 aliphatic rings. The Morgan fingerprint density at radius 3 is 2.74 bits per heavy atom. The standard InChI is InChI=1S/C25H28N6O3/c1-27-11-12-28-22(26)18-5-3-17(4-6-18)9-10-25(24(33)29-16-30-25)15-31-14-19-7-8-20(34-2)13-21(19)23(31)32/h3-8,13,27,30H,11-12,14-16H2,1-2H3,(H2,26,28)(H,29,33). The highest BCUT2D eigenvalue weighted by atomic mass is 16.5. The number of carbonyl (C=O) groups is 2. The molecule has 2 heterocycles. The molecular weight excluding hydrogens is 432 g/mol. The summed E-state index contributed by atoms with van der Waals surface area (Å²) in [6.45, 7) is 2.18. The molecule has 5 N–H and O–H groups in total. The average Bonchev–Trinajstić information content (AvgIpc) is 3.37. The van der Waals surface area contributed by atoms with Crippen molar-refractivity contribution in [2.45, 2.75) is 12.1 Å². The van der Waals surface area contributed by atoms with Crippen LogP contribution >= 0.6 is 0 Å². The molecule has 4 rings (SSSR count). The normalized spacial score (nSPS) is 19.5. The van der Waals surface area contributed by atoms with E-state index >= 15 is 0 Å². The number of fused-ring (bicyclic) bond motifs is 1. The van der Waals surface area contributed by atoms with Gasteiger partial charge in [0.1, 0.15) is 11.6 Å². The first-order valence-corrected chi connectivity index (χ1v) is 11.0. The molecule has 2 aromatic rings. The smallest absolute Gasteiger partial charge is 0.255 e. The second-order valence-electron chi connectivity index (χ2n) is 8.15. The van der Waals surface area contributed by atoms with Crippen LogP contribution in [0.4, 0.5) is 0 Å². The molecule has 9 heteroatoms. The second-order valence-corrected chi connectivity index (χ2v) is 8.15. The predicted octanol–water partition coefficient (Wildman–Crippen LogP) is 0.0431. The van der Waals surface area contributed by atoms with Gasteiger partial charge < -0.3 is 26.0 Å². The van der Waals surface area contributed by atoms with E-state index in [0.717, 1.165) is 23.2 Å². The van der Waals surface area contributed by atoms with Gasteiger partial charge in [0.05, 0.1) is 26.9 Å². The van der Waals surface area contributed by atoms with Gasteiger partial charge in [-0.1, -0.05) is 30.0 Å². The maximum absolute atomic E-state index is 13.0. The highest BCUT2D eigenvalue weighted by Crippen LogP contribution is 2.28. The monoisotopic (exact) mass is 460 g/mol. The van der Waals surface area contributed by atoms with Gasteiger partial charge in [-0.15, -0.1) is 0 Å². The minimum atomic E-state index is -1.20. The number of carbonyl (C=O) groups excluding carboxylic acids is 2. The minimum absolute atomic E-state index is 0.130. The van der Waals surface area contributed by atoms with Crippen LogP contribution < -0.4 is 26.4 Å². The Morgan fingerprint density at radius 2 is 2.06 bits per heavy atom. The van der Waals surface area contributed by atoms with Gasteiger partial charge in [0.2, 0.25) is 0 Å². The van der Waals surface area contributed by atoms with Gasteiger partial charge in [0.25, 0.3) is 11.8 Å². The fourth-order valence-corrected chi connectivity index (χ4v) is 3.94. The van der Waals surface area contributed by atoms with Crippen molar-refractivity contribution in [1.82, 2.24) is 20.9 Å². The van der Waals surface area contributed by atoms with E-state index in [2.05, 4.69) is 32.8 Å². The van der Waals surface area contributed by atoms with Crippen LogP contribution in [0.2, 0.25) is 0 Å². The van der Waals surface area contributed by atoms with Gasteiger partial charge in [-0.25, -0.2) is 0 Å². The lowest BCUT2D eigenvalue weighted by molar-refractivity contribution is -0.122. The molecule has 0 spiro atoms. The van der Waals surface area contributed by atoms with Crippen LogP contribution in [0.25, 0.3) is 0 Å². The van der Waals surface area contributed by atoms with Crippen LogP contribution in [0.15, 0.2) is 47.5 Å². The molecular formula is C25H28N6O3. The van der Waals surface area contributed by atoms with E-state index in [0.29, 0.717) is 30.2 Å². The maximum atomic E-state index is 13.0. The number of likely N-dealkylation sites (N-methyl/N-ethyl adjacent to an activating group) is 1. The third-order valence-electron chi connectivity index (χ3n) is 5.90. The van der Waals surface area contributed by atoms with E-state index < -0.39 is 5.54 Å². The number of benzene rings is 2. The number of rotatable bonds is 7. The number of hydrogen-bond donors (Lipinski definition) is 4. The molecule has 34 heavy (non-hydrogen) atoms. The molecule has 1 saturated heterocycles. The van der Waals surface area contributed by atoms with Gasteiger partial charge in [0.15, 0.2) is 5.54 Å². The van der Waals surface area contributed by atoms with Crippen molar-refractivity contribution < 1.29 is 14.3 Å². The molecule has 1 atom stereocenters. The second kappa shape index (κ2) is 9.95. The summed E-state index contributed by atoms with van der Waals surface area (Å²) in [5.41, 5.74) is 7.86. The van der Waals surface area contributed by atoms with E-state index in [1.807, 2.05) is 43.4 Å². The van der Waals surface area contributed by atoms with Crippen LogP contribution in [0, 0.1) is 11.8 Å². The van der Waals surface area contributed by atoms with Gasteiger partial charge in [0, 0.05) is 29.8 Å². The molecule has 1 fully saturated rings. The van der Waals surface area contributed by atoms with Gasteiger partial charge in [-0.2, -0.15) is 0 Å². The fourth-order valence-electron chi connectivity index (χ4n) is 3.94. The Morgan fingerprint density at radius 1 is 1.26 bits per heavy atom. The Kier molecular flexibility index (Phi) is 6.82. The van der Waals surface area contributed by atoms with E-state index in [9.17, 15) is 9.59 Å². The minimum Gasteiger partial charge on any atom is -0.497 e. The van der Waals surface area contributed by atoms with E-state index in [1.54, 1.807) is 18.1 Å². The lowest BCUT2D eigenvalue weighted by Gasteiger charge is -2.26. The molecule has 0 bridgehead atoms. The summed E-state index contributed by atoms with van der Waals surface area (Å²) in [5.74, 6) is 6.86. The predicted molar refractivity (Wildman–Crippen MR) is 129 cm³/mol. The van der Waals surface area contributed by atoms with E-state index in [4.69, 9.17) is 10.5 Å². The molecule has 1 unspecified atom stereocenters. The zero-order valence-corrected chi connectivity index (χ0v) is 19.3. The third kappa shape index (κ3) is 4.73. The number of aliphatic imine (C=N–C) groups is 1. The van der Waals surface area contributed by atoms with Crippen LogP contribution in [-0.2, 0) is 11.3 Å². The summed E-state index contributed by atoms with van der Waals surface area (Å²) < 4.78 is 5.24. The molecule has 0 aliphatic carbocycles. The lowest BCUT2D eigenvalue weighted by atomic mass is 9.99. The first-order valence-electron chi connectivity index (χ1n) is 11.0. The van der Waals surface area contributed by atoms with Crippen molar-refractivity contribution in [3.63, 3.8) is 0 Å². The maximum Gasteiger partial charge on any atom is 0.255 e. The molecule has 2 aliphatic heterocycles. The summed E-state index contributed by atoms with van der Waals surface area (Å²) in [4.78, 5) is 31.8. The molecule has 0 saturated carbocycles. The fraction of sp³-hybridized carbons (Fsp3) is 0.320. The van der Waals surface area contributed by atoms with Gasteiger partial charge in [-0.05, 0) is 36.9 Å².